The monoisotopic (exact) mass is 286 g/mol. The maximum atomic E-state index is 12.2. The van der Waals surface area contributed by atoms with Crippen molar-refractivity contribution in [2.45, 2.75) is 6.92 Å². The van der Waals surface area contributed by atoms with Crippen LogP contribution in [0, 0.1) is 0 Å². The third-order valence-corrected chi connectivity index (χ3v) is 3.81. The van der Waals surface area contributed by atoms with Gasteiger partial charge in [-0.3, -0.25) is 9.69 Å². The predicted molar refractivity (Wildman–Crippen MR) is 82.0 cm³/mol. The van der Waals surface area contributed by atoms with E-state index in [-0.39, 0.29) is 11.1 Å². The zero-order valence-electron chi connectivity index (χ0n) is 11.3. The molecule has 1 amide bonds. The highest BCUT2D eigenvalue weighted by Gasteiger charge is 2.35. The van der Waals surface area contributed by atoms with Crippen molar-refractivity contribution in [3.8, 4) is 0 Å². The number of amides is 1. The molecule has 1 aromatic rings. The maximum absolute atomic E-state index is 12.2. The van der Waals surface area contributed by atoms with Crippen molar-refractivity contribution in [3.63, 3.8) is 0 Å². The summed E-state index contributed by atoms with van der Waals surface area (Å²) in [4.78, 5) is 15.6. The van der Waals surface area contributed by atoms with Crippen LogP contribution >= 0.6 is 12.2 Å². The van der Waals surface area contributed by atoms with Gasteiger partial charge in [-0.1, -0.05) is 24.3 Å². The standard InChI is InChI=1S/C15H14N2O2S/c1-3-17-11-7-5-4-6-10(11)8-9-12(17)13-14(18)16(2)15(20)19-13/h4-9H,3H2,1-2H3/b13-12-. The number of hydrogen-bond acceptors (Lipinski definition) is 4. The molecule has 0 spiro atoms. The van der Waals surface area contributed by atoms with Crippen LogP contribution in [0.1, 0.15) is 12.5 Å². The van der Waals surface area contributed by atoms with Gasteiger partial charge in [-0.15, -0.1) is 0 Å². The summed E-state index contributed by atoms with van der Waals surface area (Å²) in [6, 6.07) is 8.06. The number of allylic oxidation sites excluding steroid dienone is 1. The SMILES string of the molecule is CCN1/C(=C2\OC(=S)N(C)C2=O)C=Cc2ccccc21. The van der Waals surface area contributed by atoms with E-state index in [4.69, 9.17) is 17.0 Å². The van der Waals surface area contributed by atoms with Gasteiger partial charge in [0.2, 0.25) is 5.76 Å². The van der Waals surface area contributed by atoms with Crippen LogP contribution in [0.2, 0.25) is 0 Å². The third-order valence-electron chi connectivity index (χ3n) is 3.45. The van der Waals surface area contributed by atoms with Crippen LogP contribution in [-0.4, -0.2) is 29.6 Å². The minimum Gasteiger partial charge on any atom is -0.423 e. The summed E-state index contributed by atoms with van der Waals surface area (Å²) < 4.78 is 5.47. The Morgan fingerprint density at radius 1 is 1.25 bits per heavy atom. The van der Waals surface area contributed by atoms with Gasteiger partial charge < -0.3 is 9.64 Å². The summed E-state index contributed by atoms with van der Waals surface area (Å²) in [5, 5.41) is 0.195. The fourth-order valence-electron chi connectivity index (χ4n) is 2.40. The topological polar surface area (TPSA) is 32.8 Å². The third kappa shape index (κ3) is 1.82. The van der Waals surface area contributed by atoms with Crippen molar-refractivity contribution in [1.82, 2.24) is 4.90 Å². The van der Waals surface area contributed by atoms with Crippen LogP contribution in [0.25, 0.3) is 6.08 Å². The van der Waals surface area contributed by atoms with Gasteiger partial charge in [0.15, 0.2) is 0 Å². The molecule has 2 aliphatic rings. The molecule has 0 bridgehead atoms. The second-order valence-corrected chi connectivity index (χ2v) is 4.93. The summed E-state index contributed by atoms with van der Waals surface area (Å²) in [5.74, 6) is 0.0950. The highest BCUT2D eigenvalue weighted by atomic mass is 32.1. The van der Waals surface area contributed by atoms with E-state index >= 15 is 0 Å². The van der Waals surface area contributed by atoms with E-state index in [2.05, 4.69) is 4.90 Å². The summed E-state index contributed by atoms with van der Waals surface area (Å²) in [6.45, 7) is 2.78. The first-order valence-electron chi connectivity index (χ1n) is 6.42. The van der Waals surface area contributed by atoms with Gasteiger partial charge in [0, 0.05) is 19.3 Å². The van der Waals surface area contributed by atoms with E-state index in [1.54, 1.807) is 7.05 Å². The first-order chi connectivity index (χ1) is 9.63. The molecule has 1 aromatic carbocycles. The average molecular weight is 286 g/mol. The molecular weight excluding hydrogens is 272 g/mol. The smallest absolute Gasteiger partial charge is 0.299 e. The van der Waals surface area contributed by atoms with E-state index in [1.165, 1.54) is 4.90 Å². The molecule has 1 saturated heterocycles. The highest BCUT2D eigenvalue weighted by molar-refractivity contribution is 7.80. The van der Waals surface area contributed by atoms with Crippen LogP contribution in [0.3, 0.4) is 0 Å². The minimum absolute atomic E-state index is 0.195. The predicted octanol–water partition coefficient (Wildman–Crippen LogP) is 2.52. The largest absolute Gasteiger partial charge is 0.423 e. The summed E-state index contributed by atoms with van der Waals surface area (Å²) >= 11 is 5.02. The molecule has 0 N–H and O–H groups in total. The maximum Gasteiger partial charge on any atom is 0.299 e. The Labute approximate surface area is 122 Å². The van der Waals surface area contributed by atoms with E-state index in [1.807, 2.05) is 43.3 Å². The lowest BCUT2D eigenvalue weighted by Crippen LogP contribution is -2.28. The quantitative estimate of drug-likeness (QED) is 0.586. The molecule has 3 rings (SSSR count). The highest BCUT2D eigenvalue weighted by Crippen LogP contribution is 2.33. The Bertz CT molecular complexity index is 664. The van der Waals surface area contributed by atoms with Gasteiger partial charge in [-0.05, 0) is 36.8 Å². The molecule has 5 heteroatoms. The lowest BCUT2D eigenvalue weighted by Gasteiger charge is -2.29. The number of para-hydroxylation sites is 1. The number of thiocarbonyl (C=S) groups is 1. The number of carbonyl (C=O) groups excluding carboxylic acids is 1. The summed E-state index contributed by atoms with van der Waals surface area (Å²) in [6.07, 6.45) is 3.89. The number of benzene rings is 1. The number of rotatable bonds is 1. The zero-order chi connectivity index (χ0) is 14.3. The molecule has 0 unspecified atom stereocenters. The molecule has 1 fully saturated rings. The molecule has 0 aliphatic carbocycles. The Kier molecular flexibility index (Phi) is 3.06. The number of ether oxygens (including phenoxy) is 1. The lowest BCUT2D eigenvalue weighted by atomic mass is 10.1. The van der Waals surface area contributed by atoms with Crippen molar-refractivity contribution < 1.29 is 9.53 Å². The molecule has 0 radical (unpaired) electrons. The van der Waals surface area contributed by atoms with Crippen LogP contribution in [0.15, 0.2) is 41.8 Å². The van der Waals surface area contributed by atoms with E-state index in [0.29, 0.717) is 5.76 Å². The van der Waals surface area contributed by atoms with Crippen LogP contribution in [0.5, 0.6) is 0 Å². The van der Waals surface area contributed by atoms with Crippen molar-refractivity contribution in [2.75, 3.05) is 18.5 Å². The Hall–Kier alpha value is -2.14. The summed E-state index contributed by atoms with van der Waals surface area (Å²) in [7, 11) is 1.62. The normalized spacial score (nSPS) is 21.3. The van der Waals surface area contributed by atoms with Gasteiger partial charge in [0.05, 0.1) is 5.70 Å². The van der Waals surface area contributed by atoms with Gasteiger partial charge in [0.1, 0.15) is 0 Å². The van der Waals surface area contributed by atoms with Gasteiger partial charge in [-0.25, -0.2) is 0 Å². The van der Waals surface area contributed by atoms with Crippen molar-refractivity contribution in [3.05, 3.63) is 47.4 Å². The van der Waals surface area contributed by atoms with E-state index < -0.39 is 0 Å². The number of nitrogens with zero attached hydrogens (tertiary/aromatic N) is 2. The fraction of sp³-hybridized carbons (Fsp3) is 0.200. The van der Waals surface area contributed by atoms with Crippen molar-refractivity contribution in [2.24, 2.45) is 0 Å². The first kappa shape index (κ1) is 12.9. The molecule has 0 aromatic heterocycles. The van der Waals surface area contributed by atoms with Gasteiger partial charge >= 0.3 is 0 Å². The van der Waals surface area contributed by atoms with Crippen LogP contribution in [0.4, 0.5) is 5.69 Å². The van der Waals surface area contributed by atoms with Crippen molar-refractivity contribution >= 4 is 35.1 Å². The van der Waals surface area contributed by atoms with Gasteiger partial charge in [0.25, 0.3) is 11.1 Å². The molecule has 2 heterocycles. The lowest BCUT2D eigenvalue weighted by molar-refractivity contribution is -0.122. The molecule has 4 nitrogen and oxygen atoms in total. The molecule has 20 heavy (non-hydrogen) atoms. The summed E-state index contributed by atoms with van der Waals surface area (Å²) in [5.41, 5.74) is 2.94. The van der Waals surface area contributed by atoms with Crippen molar-refractivity contribution in [1.29, 1.82) is 0 Å². The zero-order valence-corrected chi connectivity index (χ0v) is 12.1. The molecule has 2 aliphatic heterocycles. The fourth-order valence-corrected chi connectivity index (χ4v) is 2.56. The molecule has 0 atom stereocenters. The number of likely N-dealkylation sites (N-methyl/N-ethyl adjacent to an activating group) is 2. The Morgan fingerprint density at radius 2 is 2.00 bits per heavy atom. The average Bonchev–Trinajstić information content (AvgIpc) is 2.73. The van der Waals surface area contributed by atoms with E-state index in [0.717, 1.165) is 23.5 Å². The van der Waals surface area contributed by atoms with Crippen LogP contribution < -0.4 is 4.90 Å². The molecule has 0 saturated carbocycles. The second-order valence-electron chi connectivity index (χ2n) is 4.58. The Morgan fingerprint density at radius 3 is 2.65 bits per heavy atom. The number of carbonyl (C=O) groups is 1. The van der Waals surface area contributed by atoms with E-state index in [9.17, 15) is 4.79 Å². The second kappa shape index (κ2) is 4.76. The Balaban J connectivity index is 2.13. The number of fused-ring (bicyclic) bond motifs is 1. The minimum atomic E-state index is -0.201. The molecular formula is C15H14N2O2S. The number of anilines is 1. The van der Waals surface area contributed by atoms with Gasteiger partial charge in [-0.2, -0.15) is 0 Å². The van der Waals surface area contributed by atoms with Crippen LogP contribution in [-0.2, 0) is 9.53 Å². The first-order valence-corrected chi connectivity index (χ1v) is 6.83. The number of hydrogen-bond donors (Lipinski definition) is 0. The molecule has 102 valence electrons.